The molecule has 0 radical (unpaired) electrons. The Morgan fingerprint density at radius 1 is 1.50 bits per heavy atom. The zero-order valence-corrected chi connectivity index (χ0v) is 9.51. The Hall–Kier alpha value is -1.55. The van der Waals surface area contributed by atoms with Crippen LogP contribution >= 0.6 is 0 Å². The van der Waals surface area contributed by atoms with E-state index in [9.17, 15) is 4.79 Å². The molecule has 4 nitrogen and oxygen atoms in total. The normalized spacial score (nSPS) is 14.2. The van der Waals surface area contributed by atoms with Gasteiger partial charge < -0.3 is 15.6 Å². The minimum absolute atomic E-state index is 0.0119. The van der Waals surface area contributed by atoms with Gasteiger partial charge in [0.2, 0.25) is 0 Å². The average Bonchev–Trinajstić information content (AvgIpc) is 2.25. The van der Waals surface area contributed by atoms with E-state index in [1.807, 2.05) is 24.3 Å². The molecule has 0 amide bonds. The fourth-order valence-electron chi connectivity index (χ4n) is 1.74. The van der Waals surface area contributed by atoms with Gasteiger partial charge in [-0.2, -0.15) is 0 Å². The Balaban J connectivity index is 3.05. The standard InChI is InChI=1S/C12H17NO3/c1-8(13)10(7-12(14)15)9-5-3-4-6-11(9)16-2/h3-6,8,10H,7,13H2,1-2H3,(H,14,15). The second-order valence-electron chi connectivity index (χ2n) is 3.81. The summed E-state index contributed by atoms with van der Waals surface area (Å²) in [5.74, 6) is -0.395. The van der Waals surface area contributed by atoms with Gasteiger partial charge in [0, 0.05) is 12.0 Å². The van der Waals surface area contributed by atoms with Crippen LogP contribution in [0.3, 0.4) is 0 Å². The van der Waals surface area contributed by atoms with Crippen LogP contribution in [0.4, 0.5) is 0 Å². The van der Waals surface area contributed by atoms with Gasteiger partial charge >= 0.3 is 5.97 Å². The van der Waals surface area contributed by atoms with E-state index in [1.54, 1.807) is 14.0 Å². The van der Waals surface area contributed by atoms with Gasteiger partial charge in [-0.15, -0.1) is 0 Å². The Morgan fingerprint density at radius 2 is 2.12 bits per heavy atom. The molecule has 16 heavy (non-hydrogen) atoms. The number of nitrogens with two attached hydrogens (primary N) is 1. The van der Waals surface area contributed by atoms with Crippen LogP contribution in [0.25, 0.3) is 0 Å². The minimum Gasteiger partial charge on any atom is -0.496 e. The maximum Gasteiger partial charge on any atom is 0.304 e. The summed E-state index contributed by atoms with van der Waals surface area (Å²) in [5.41, 5.74) is 6.67. The van der Waals surface area contributed by atoms with Gasteiger partial charge in [-0.25, -0.2) is 0 Å². The summed E-state index contributed by atoms with van der Waals surface area (Å²) < 4.78 is 5.21. The molecule has 0 aliphatic heterocycles. The van der Waals surface area contributed by atoms with Gasteiger partial charge in [0.25, 0.3) is 0 Å². The molecule has 0 aliphatic rings. The number of ether oxygens (including phenoxy) is 1. The molecule has 2 unspecified atom stereocenters. The van der Waals surface area contributed by atoms with Crippen molar-refractivity contribution in [2.24, 2.45) is 5.73 Å². The molecule has 0 heterocycles. The summed E-state index contributed by atoms with van der Waals surface area (Å²) in [4.78, 5) is 10.8. The van der Waals surface area contributed by atoms with Crippen LogP contribution in [0.2, 0.25) is 0 Å². The largest absolute Gasteiger partial charge is 0.496 e. The van der Waals surface area contributed by atoms with E-state index < -0.39 is 5.97 Å². The number of aliphatic carboxylic acids is 1. The van der Waals surface area contributed by atoms with Crippen molar-refractivity contribution in [1.82, 2.24) is 0 Å². The van der Waals surface area contributed by atoms with Crippen molar-refractivity contribution < 1.29 is 14.6 Å². The third-order valence-corrected chi connectivity index (χ3v) is 2.57. The molecule has 0 bridgehead atoms. The number of para-hydroxylation sites is 1. The van der Waals surface area contributed by atoms with Crippen LogP contribution in [0.1, 0.15) is 24.8 Å². The van der Waals surface area contributed by atoms with Crippen LogP contribution in [0.15, 0.2) is 24.3 Å². The molecule has 88 valence electrons. The molecule has 4 heteroatoms. The fraction of sp³-hybridized carbons (Fsp3) is 0.417. The molecule has 1 aromatic rings. The van der Waals surface area contributed by atoms with Crippen molar-refractivity contribution in [3.05, 3.63) is 29.8 Å². The van der Waals surface area contributed by atoms with E-state index in [4.69, 9.17) is 15.6 Å². The summed E-state index contributed by atoms with van der Waals surface area (Å²) in [6, 6.07) is 7.14. The summed E-state index contributed by atoms with van der Waals surface area (Å²) in [7, 11) is 1.57. The van der Waals surface area contributed by atoms with Crippen LogP contribution < -0.4 is 10.5 Å². The molecule has 0 fully saturated rings. The number of hydrogen-bond acceptors (Lipinski definition) is 3. The summed E-state index contributed by atoms with van der Waals surface area (Å²) in [6.45, 7) is 1.81. The number of carbonyl (C=O) groups is 1. The van der Waals surface area contributed by atoms with E-state index >= 15 is 0 Å². The Morgan fingerprint density at radius 3 is 2.62 bits per heavy atom. The highest BCUT2D eigenvalue weighted by molar-refractivity contribution is 5.68. The lowest BCUT2D eigenvalue weighted by Gasteiger charge is -2.21. The van der Waals surface area contributed by atoms with Gasteiger partial charge in [0.15, 0.2) is 0 Å². The monoisotopic (exact) mass is 223 g/mol. The van der Waals surface area contributed by atoms with Gasteiger partial charge in [-0.05, 0) is 18.6 Å². The second kappa shape index (κ2) is 5.51. The third kappa shape index (κ3) is 2.97. The van der Waals surface area contributed by atoms with Crippen molar-refractivity contribution in [3.8, 4) is 5.75 Å². The van der Waals surface area contributed by atoms with Crippen LogP contribution in [0.5, 0.6) is 5.75 Å². The van der Waals surface area contributed by atoms with Crippen molar-refractivity contribution in [2.45, 2.75) is 25.3 Å². The van der Waals surface area contributed by atoms with Crippen molar-refractivity contribution >= 4 is 5.97 Å². The van der Waals surface area contributed by atoms with Gasteiger partial charge in [-0.1, -0.05) is 18.2 Å². The Bertz CT molecular complexity index is 363. The summed E-state index contributed by atoms with van der Waals surface area (Å²) in [6.07, 6.45) is 0.0119. The van der Waals surface area contributed by atoms with E-state index in [-0.39, 0.29) is 18.4 Å². The minimum atomic E-state index is -0.854. The average molecular weight is 223 g/mol. The highest BCUT2D eigenvalue weighted by Crippen LogP contribution is 2.30. The Labute approximate surface area is 95.0 Å². The van der Waals surface area contributed by atoms with Crippen molar-refractivity contribution in [1.29, 1.82) is 0 Å². The second-order valence-corrected chi connectivity index (χ2v) is 3.81. The SMILES string of the molecule is COc1ccccc1C(CC(=O)O)C(C)N. The first-order chi connectivity index (χ1) is 7.56. The zero-order valence-electron chi connectivity index (χ0n) is 9.51. The van der Waals surface area contributed by atoms with Gasteiger partial charge in [0.05, 0.1) is 13.5 Å². The smallest absolute Gasteiger partial charge is 0.304 e. The first-order valence-electron chi connectivity index (χ1n) is 5.16. The lowest BCUT2D eigenvalue weighted by molar-refractivity contribution is -0.137. The van der Waals surface area contributed by atoms with Crippen LogP contribution in [-0.2, 0) is 4.79 Å². The number of carboxylic acid groups (broad SMARTS) is 1. The van der Waals surface area contributed by atoms with E-state index in [2.05, 4.69) is 0 Å². The molecule has 1 rings (SSSR count). The molecular formula is C12H17NO3. The quantitative estimate of drug-likeness (QED) is 0.795. The van der Waals surface area contributed by atoms with E-state index in [1.165, 1.54) is 0 Å². The first-order valence-corrected chi connectivity index (χ1v) is 5.16. The van der Waals surface area contributed by atoms with Crippen molar-refractivity contribution in [3.63, 3.8) is 0 Å². The molecule has 1 aromatic carbocycles. The zero-order chi connectivity index (χ0) is 12.1. The highest BCUT2D eigenvalue weighted by Gasteiger charge is 2.22. The molecule has 3 N–H and O–H groups in total. The first kappa shape index (κ1) is 12.5. The van der Waals surface area contributed by atoms with Crippen LogP contribution in [0, 0.1) is 0 Å². The number of methoxy groups -OCH3 is 1. The summed E-state index contributed by atoms with van der Waals surface area (Å²) >= 11 is 0. The molecular weight excluding hydrogens is 206 g/mol. The fourth-order valence-corrected chi connectivity index (χ4v) is 1.74. The van der Waals surface area contributed by atoms with Crippen molar-refractivity contribution in [2.75, 3.05) is 7.11 Å². The number of hydrogen-bond donors (Lipinski definition) is 2. The molecule has 2 atom stereocenters. The molecule has 0 saturated heterocycles. The maximum atomic E-state index is 10.8. The summed E-state index contributed by atoms with van der Waals surface area (Å²) in [5, 5.41) is 8.86. The highest BCUT2D eigenvalue weighted by atomic mass is 16.5. The van der Waals surface area contributed by atoms with Crippen LogP contribution in [-0.4, -0.2) is 24.2 Å². The lowest BCUT2D eigenvalue weighted by Crippen LogP contribution is -2.27. The van der Waals surface area contributed by atoms with Gasteiger partial charge in [-0.3, -0.25) is 4.79 Å². The van der Waals surface area contributed by atoms with Gasteiger partial charge in [0.1, 0.15) is 5.75 Å². The van der Waals surface area contributed by atoms with E-state index in [0.29, 0.717) is 5.75 Å². The Kier molecular flexibility index (Phi) is 4.31. The maximum absolute atomic E-state index is 10.8. The van der Waals surface area contributed by atoms with E-state index in [0.717, 1.165) is 5.56 Å². The predicted molar refractivity (Wildman–Crippen MR) is 61.6 cm³/mol. The number of carboxylic acids is 1. The lowest BCUT2D eigenvalue weighted by atomic mass is 9.89. The number of benzene rings is 1. The topological polar surface area (TPSA) is 72.5 Å². The molecule has 0 spiro atoms. The molecule has 0 aromatic heterocycles. The number of rotatable bonds is 5. The molecule has 0 aliphatic carbocycles. The molecule has 0 saturated carbocycles. The third-order valence-electron chi connectivity index (χ3n) is 2.57. The predicted octanol–water partition coefficient (Wildman–Crippen LogP) is 1.60.